The van der Waals surface area contributed by atoms with E-state index in [9.17, 15) is 4.79 Å². The number of carbonyl (C=O) groups excluding carboxylic acids is 1. The van der Waals surface area contributed by atoms with Gasteiger partial charge in [-0.05, 0) is 98.0 Å². The highest BCUT2D eigenvalue weighted by Gasteiger charge is 2.27. The van der Waals surface area contributed by atoms with E-state index in [0.29, 0.717) is 29.6 Å². The molecule has 1 aliphatic carbocycles. The summed E-state index contributed by atoms with van der Waals surface area (Å²) in [5.41, 5.74) is 7.80. The first-order valence-electron chi connectivity index (χ1n) is 14.3. The number of halogens is 1. The van der Waals surface area contributed by atoms with Crippen LogP contribution in [0, 0.1) is 0 Å². The van der Waals surface area contributed by atoms with E-state index in [1.54, 1.807) is 24.3 Å². The van der Waals surface area contributed by atoms with Crippen molar-refractivity contribution in [1.82, 2.24) is 15.2 Å². The SMILES string of the molecule is CCN(CC)CCOc1ccc2c(c1)C(=NNC(=O)Nc1ccc(Cl)cc1)c1cc(OCCN(CC)CC)ccc1-2. The molecule has 0 spiro atoms. The molecule has 0 unspecified atom stereocenters. The number of amides is 2. The largest absolute Gasteiger partial charge is 0.492 e. The minimum Gasteiger partial charge on any atom is -0.492 e. The molecule has 0 saturated carbocycles. The number of urea groups is 1. The van der Waals surface area contributed by atoms with E-state index in [1.807, 2.05) is 24.3 Å². The molecule has 8 nitrogen and oxygen atoms in total. The Balaban J connectivity index is 1.56. The third-order valence-corrected chi connectivity index (χ3v) is 7.55. The quantitative estimate of drug-likeness (QED) is 0.171. The van der Waals surface area contributed by atoms with Gasteiger partial charge in [0.15, 0.2) is 0 Å². The van der Waals surface area contributed by atoms with Gasteiger partial charge in [0.05, 0.1) is 5.71 Å². The maximum absolute atomic E-state index is 12.7. The van der Waals surface area contributed by atoms with Crippen molar-refractivity contribution in [2.45, 2.75) is 27.7 Å². The van der Waals surface area contributed by atoms with E-state index in [4.69, 9.17) is 21.1 Å². The van der Waals surface area contributed by atoms with Gasteiger partial charge in [-0.15, -0.1) is 0 Å². The van der Waals surface area contributed by atoms with E-state index < -0.39 is 6.03 Å². The Hall–Kier alpha value is -3.59. The lowest BCUT2D eigenvalue weighted by atomic mass is 10.1. The highest BCUT2D eigenvalue weighted by atomic mass is 35.5. The van der Waals surface area contributed by atoms with Gasteiger partial charge in [-0.1, -0.05) is 39.3 Å². The molecular weight excluding hydrogens is 538 g/mol. The van der Waals surface area contributed by atoms with Crippen LogP contribution in [0.3, 0.4) is 0 Å². The first kappa shape index (κ1) is 30.4. The maximum atomic E-state index is 12.7. The van der Waals surface area contributed by atoms with Gasteiger partial charge < -0.3 is 24.6 Å². The van der Waals surface area contributed by atoms with Crippen molar-refractivity contribution in [2.24, 2.45) is 5.10 Å². The van der Waals surface area contributed by atoms with Crippen molar-refractivity contribution in [2.75, 3.05) is 57.8 Å². The minimum absolute atomic E-state index is 0.451. The van der Waals surface area contributed by atoms with Crippen LogP contribution < -0.4 is 20.2 Å². The summed E-state index contributed by atoms with van der Waals surface area (Å²) in [6.07, 6.45) is 0. The Bertz CT molecular complexity index is 1270. The molecule has 2 amide bonds. The third-order valence-electron chi connectivity index (χ3n) is 7.30. The van der Waals surface area contributed by atoms with Gasteiger partial charge in [0, 0.05) is 34.9 Å². The van der Waals surface area contributed by atoms with Crippen LogP contribution in [-0.4, -0.2) is 74.0 Å². The van der Waals surface area contributed by atoms with Crippen LogP contribution >= 0.6 is 11.6 Å². The number of rotatable bonds is 14. The van der Waals surface area contributed by atoms with Crippen molar-refractivity contribution < 1.29 is 14.3 Å². The Morgan fingerprint density at radius 3 is 1.68 bits per heavy atom. The minimum atomic E-state index is -0.451. The predicted octanol–water partition coefficient (Wildman–Crippen LogP) is 6.34. The third kappa shape index (κ3) is 8.00. The fourth-order valence-corrected chi connectivity index (χ4v) is 4.94. The number of hydrazone groups is 1. The van der Waals surface area contributed by atoms with Gasteiger partial charge in [0.1, 0.15) is 24.7 Å². The number of carbonyl (C=O) groups is 1. The summed E-state index contributed by atoms with van der Waals surface area (Å²) in [7, 11) is 0. The molecule has 0 saturated heterocycles. The number of hydrogen-bond acceptors (Lipinski definition) is 6. The lowest BCUT2D eigenvalue weighted by Gasteiger charge is -2.18. The standard InChI is InChI=1S/C32H40ClN5O3/c1-5-37(6-2)17-19-40-25-13-15-27-28-16-14-26(41-20-18-38(7-3)8-4)22-30(28)31(29(27)21-25)35-36-32(39)34-24-11-9-23(33)10-12-24/h9-16,21-22H,5-8,17-20H2,1-4H3,(H2,34,36,39). The first-order chi connectivity index (χ1) is 19.9. The molecule has 0 heterocycles. The van der Waals surface area contributed by atoms with E-state index in [0.717, 1.165) is 73.0 Å². The molecule has 9 heteroatoms. The fraction of sp³-hybridized carbons (Fsp3) is 0.375. The topological polar surface area (TPSA) is 78.4 Å². The Kier molecular flexibility index (Phi) is 11.0. The number of ether oxygens (including phenoxy) is 2. The highest BCUT2D eigenvalue weighted by molar-refractivity contribution is 6.30. The van der Waals surface area contributed by atoms with E-state index >= 15 is 0 Å². The van der Waals surface area contributed by atoms with E-state index in [2.05, 4.69) is 65.5 Å². The normalized spacial score (nSPS) is 11.8. The summed E-state index contributed by atoms with van der Waals surface area (Å²) in [5, 5.41) is 7.96. The number of likely N-dealkylation sites (N-methyl/N-ethyl adjacent to an activating group) is 2. The molecular formula is C32H40ClN5O3. The van der Waals surface area contributed by atoms with Crippen molar-refractivity contribution in [3.63, 3.8) is 0 Å². The molecule has 4 rings (SSSR count). The second-order valence-electron chi connectivity index (χ2n) is 9.70. The van der Waals surface area contributed by atoms with E-state index in [-0.39, 0.29) is 0 Å². The van der Waals surface area contributed by atoms with Gasteiger partial charge in [-0.25, -0.2) is 10.2 Å². The van der Waals surface area contributed by atoms with Gasteiger partial charge in [-0.3, -0.25) is 0 Å². The molecule has 218 valence electrons. The maximum Gasteiger partial charge on any atom is 0.339 e. The summed E-state index contributed by atoms with van der Waals surface area (Å²) >= 11 is 5.97. The van der Waals surface area contributed by atoms with Gasteiger partial charge in [0.25, 0.3) is 0 Å². The molecule has 0 atom stereocenters. The Morgan fingerprint density at radius 1 is 0.732 bits per heavy atom. The van der Waals surface area contributed by atoms with Crippen molar-refractivity contribution in [3.05, 3.63) is 76.8 Å². The fourth-order valence-electron chi connectivity index (χ4n) is 4.82. The molecule has 0 fully saturated rings. The summed E-state index contributed by atoms with van der Waals surface area (Å²) in [6.45, 7) is 15.4. The average molecular weight is 578 g/mol. The zero-order chi connectivity index (χ0) is 29.2. The van der Waals surface area contributed by atoms with Crippen molar-refractivity contribution in [1.29, 1.82) is 0 Å². The number of benzene rings is 3. The van der Waals surface area contributed by atoms with Crippen LogP contribution in [0.4, 0.5) is 10.5 Å². The van der Waals surface area contributed by atoms with Crippen LogP contribution in [0.2, 0.25) is 5.02 Å². The van der Waals surface area contributed by atoms with Crippen LogP contribution in [0.1, 0.15) is 38.8 Å². The summed E-state index contributed by atoms with van der Waals surface area (Å²) in [5.74, 6) is 1.52. The van der Waals surface area contributed by atoms with Gasteiger partial charge in [0.2, 0.25) is 0 Å². The summed E-state index contributed by atoms with van der Waals surface area (Å²) in [6, 6.07) is 18.5. The molecule has 3 aromatic carbocycles. The summed E-state index contributed by atoms with van der Waals surface area (Å²) < 4.78 is 12.2. The summed E-state index contributed by atoms with van der Waals surface area (Å²) in [4.78, 5) is 17.4. The van der Waals surface area contributed by atoms with Crippen molar-refractivity contribution >= 4 is 29.0 Å². The van der Waals surface area contributed by atoms with Crippen LogP contribution in [0.5, 0.6) is 11.5 Å². The Labute approximate surface area is 248 Å². The molecule has 0 aliphatic heterocycles. The zero-order valence-electron chi connectivity index (χ0n) is 24.4. The van der Waals surface area contributed by atoms with Crippen LogP contribution in [-0.2, 0) is 0 Å². The Morgan fingerprint density at radius 2 is 1.22 bits per heavy atom. The number of nitrogens with one attached hydrogen (secondary N) is 2. The molecule has 0 radical (unpaired) electrons. The molecule has 0 bridgehead atoms. The highest BCUT2D eigenvalue weighted by Crippen LogP contribution is 2.40. The van der Waals surface area contributed by atoms with Gasteiger partial charge >= 0.3 is 6.03 Å². The van der Waals surface area contributed by atoms with E-state index in [1.165, 1.54) is 0 Å². The number of fused-ring (bicyclic) bond motifs is 3. The zero-order valence-corrected chi connectivity index (χ0v) is 25.1. The lowest BCUT2D eigenvalue weighted by Crippen LogP contribution is -2.28. The number of nitrogens with zero attached hydrogens (tertiary/aromatic N) is 3. The number of hydrogen-bond donors (Lipinski definition) is 2. The average Bonchev–Trinajstić information content (AvgIpc) is 3.29. The molecule has 2 N–H and O–H groups in total. The molecule has 0 aromatic heterocycles. The second kappa shape index (κ2) is 14.9. The monoisotopic (exact) mass is 577 g/mol. The second-order valence-corrected chi connectivity index (χ2v) is 10.1. The molecule has 41 heavy (non-hydrogen) atoms. The van der Waals surface area contributed by atoms with Crippen molar-refractivity contribution in [3.8, 4) is 22.6 Å². The number of anilines is 1. The smallest absolute Gasteiger partial charge is 0.339 e. The lowest BCUT2D eigenvalue weighted by molar-refractivity contribution is 0.223. The molecule has 3 aromatic rings. The van der Waals surface area contributed by atoms with Gasteiger partial charge in [-0.2, -0.15) is 5.10 Å². The van der Waals surface area contributed by atoms with Crippen LogP contribution in [0.15, 0.2) is 65.8 Å². The first-order valence-corrected chi connectivity index (χ1v) is 14.7. The molecule has 1 aliphatic rings. The van der Waals surface area contributed by atoms with Crippen LogP contribution in [0.25, 0.3) is 11.1 Å². The predicted molar refractivity (Wildman–Crippen MR) is 168 cm³/mol.